The summed E-state index contributed by atoms with van der Waals surface area (Å²) in [5, 5.41) is 9.27. The highest BCUT2D eigenvalue weighted by Gasteiger charge is 2.08. The van der Waals surface area contributed by atoms with Gasteiger partial charge in [-0.25, -0.2) is 0 Å². The van der Waals surface area contributed by atoms with Crippen molar-refractivity contribution in [1.29, 1.82) is 0 Å². The third-order valence-electron chi connectivity index (χ3n) is 1.30. The molecule has 1 rings (SSSR count). The summed E-state index contributed by atoms with van der Waals surface area (Å²) in [6.45, 7) is 0. The lowest BCUT2D eigenvalue weighted by atomic mass is 10.2. The van der Waals surface area contributed by atoms with E-state index >= 15 is 0 Å². The molecule has 0 radical (unpaired) electrons. The van der Waals surface area contributed by atoms with Gasteiger partial charge in [0.1, 0.15) is 5.75 Å². The topological polar surface area (TPSA) is 63.3 Å². The minimum Gasteiger partial charge on any atom is -0.506 e. The van der Waals surface area contributed by atoms with Gasteiger partial charge in [-0.2, -0.15) is 0 Å². The number of nitrogens with two attached hydrogens (primary N) is 1. The van der Waals surface area contributed by atoms with Crippen molar-refractivity contribution in [3.8, 4) is 5.75 Å². The minimum atomic E-state index is -0.531. The van der Waals surface area contributed by atoms with Gasteiger partial charge in [0.15, 0.2) is 0 Å². The van der Waals surface area contributed by atoms with Gasteiger partial charge in [-0.05, 0) is 44.0 Å². The van der Waals surface area contributed by atoms with E-state index in [-0.39, 0.29) is 5.75 Å². The number of phenolic OH excluding ortho intramolecular Hbond substituents is 1. The predicted molar refractivity (Wildman–Crippen MR) is 52.0 cm³/mol. The Morgan fingerprint density at radius 2 is 1.75 bits per heavy atom. The second-order valence-corrected chi connectivity index (χ2v) is 3.86. The molecule has 0 aromatic heterocycles. The maximum atomic E-state index is 10.7. The molecule has 0 fully saturated rings. The highest BCUT2D eigenvalue weighted by molar-refractivity contribution is 9.11. The molecule has 0 saturated heterocycles. The number of phenols is 1. The molecule has 0 unspecified atom stereocenters. The van der Waals surface area contributed by atoms with E-state index < -0.39 is 5.91 Å². The standard InChI is InChI=1S/C7H5Br2NO2/c8-4-1-3(7(10)12)2-5(9)6(4)11/h1-2,11H,(H2,10,12). The summed E-state index contributed by atoms with van der Waals surface area (Å²) in [5.74, 6) is -0.476. The molecule has 3 nitrogen and oxygen atoms in total. The zero-order valence-corrected chi connectivity index (χ0v) is 9.02. The first-order valence-electron chi connectivity index (χ1n) is 3.00. The van der Waals surface area contributed by atoms with Crippen molar-refractivity contribution in [3.63, 3.8) is 0 Å². The second kappa shape index (κ2) is 3.45. The van der Waals surface area contributed by atoms with Crippen LogP contribution in [0.3, 0.4) is 0 Å². The number of amides is 1. The molecule has 3 N–H and O–H groups in total. The fourth-order valence-electron chi connectivity index (χ4n) is 0.708. The zero-order valence-electron chi connectivity index (χ0n) is 5.84. The molecule has 0 aliphatic carbocycles. The third kappa shape index (κ3) is 1.78. The summed E-state index contributed by atoms with van der Waals surface area (Å²) in [6, 6.07) is 2.92. The largest absolute Gasteiger partial charge is 0.506 e. The van der Waals surface area contributed by atoms with Crippen LogP contribution in [0.4, 0.5) is 0 Å². The molecule has 0 aliphatic rings. The molecule has 0 heterocycles. The van der Waals surface area contributed by atoms with Gasteiger partial charge in [0.05, 0.1) is 8.95 Å². The van der Waals surface area contributed by atoms with Crippen molar-refractivity contribution >= 4 is 37.8 Å². The number of halogens is 2. The van der Waals surface area contributed by atoms with Crippen LogP contribution in [-0.2, 0) is 0 Å². The lowest BCUT2D eigenvalue weighted by molar-refractivity contribution is 0.1000. The second-order valence-electron chi connectivity index (χ2n) is 2.15. The molecule has 5 heteroatoms. The third-order valence-corrected chi connectivity index (χ3v) is 2.51. The Morgan fingerprint density at radius 3 is 2.08 bits per heavy atom. The highest BCUT2D eigenvalue weighted by atomic mass is 79.9. The number of primary amides is 1. The number of carbonyl (C=O) groups excluding carboxylic acids is 1. The van der Waals surface area contributed by atoms with Gasteiger partial charge >= 0.3 is 0 Å². The Bertz CT molecular complexity index is 315. The van der Waals surface area contributed by atoms with Crippen LogP contribution in [0.1, 0.15) is 10.4 Å². The van der Waals surface area contributed by atoms with Crippen molar-refractivity contribution in [2.75, 3.05) is 0 Å². The van der Waals surface area contributed by atoms with E-state index in [1.807, 2.05) is 0 Å². The van der Waals surface area contributed by atoms with Gasteiger partial charge in [-0.15, -0.1) is 0 Å². The summed E-state index contributed by atoms with van der Waals surface area (Å²) in [5.41, 5.74) is 5.38. The fraction of sp³-hybridized carbons (Fsp3) is 0. The predicted octanol–water partition coefficient (Wildman–Crippen LogP) is 2.02. The molecule has 0 saturated carbocycles. The first kappa shape index (κ1) is 9.54. The van der Waals surface area contributed by atoms with E-state index in [9.17, 15) is 9.90 Å². The van der Waals surface area contributed by atoms with Crippen LogP contribution >= 0.6 is 31.9 Å². The van der Waals surface area contributed by atoms with Crippen LogP contribution in [0.15, 0.2) is 21.1 Å². The Labute approximate surface area is 85.8 Å². The molecule has 1 aromatic carbocycles. The zero-order chi connectivity index (χ0) is 9.30. The Kier molecular flexibility index (Phi) is 2.74. The average Bonchev–Trinajstić information content (AvgIpc) is 1.99. The van der Waals surface area contributed by atoms with Gasteiger partial charge in [0.25, 0.3) is 0 Å². The van der Waals surface area contributed by atoms with E-state index in [2.05, 4.69) is 31.9 Å². The molecule has 64 valence electrons. The molecule has 0 spiro atoms. The van der Waals surface area contributed by atoms with Gasteiger partial charge in [-0.3, -0.25) is 4.79 Å². The Hall–Kier alpha value is -0.550. The normalized spacial score (nSPS) is 9.83. The fourth-order valence-corrected chi connectivity index (χ4v) is 1.89. The number of hydrogen-bond acceptors (Lipinski definition) is 2. The maximum Gasteiger partial charge on any atom is 0.248 e. The quantitative estimate of drug-likeness (QED) is 0.832. The summed E-state index contributed by atoms with van der Waals surface area (Å²) in [6.07, 6.45) is 0. The van der Waals surface area contributed by atoms with Crippen molar-refractivity contribution in [2.45, 2.75) is 0 Å². The van der Waals surface area contributed by atoms with E-state index in [0.29, 0.717) is 14.5 Å². The van der Waals surface area contributed by atoms with Gasteiger partial charge < -0.3 is 10.8 Å². The molecule has 1 aromatic rings. The van der Waals surface area contributed by atoms with Crippen LogP contribution in [0.25, 0.3) is 0 Å². The van der Waals surface area contributed by atoms with Crippen LogP contribution in [0, 0.1) is 0 Å². The van der Waals surface area contributed by atoms with Gasteiger partial charge in [0.2, 0.25) is 5.91 Å². The number of rotatable bonds is 1. The SMILES string of the molecule is NC(=O)c1cc(Br)c(O)c(Br)c1. The number of aromatic hydroxyl groups is 1. The van der Waals surface area contributed by atoms with Crippen molar-refractivity contribution < 1.29 is 9.90 Å². The lowest BCUT2D eigenvalue weighted by Crippen LogP contribution is -2.10. The van der Waals surface area contributed by atoms with E-state index in [0.717, 1.165) is 0 Å². The maximum absolute atomic E-state index is 10.7. The minimum absolute atomic E-state index is 0.0556. The van der Waals surface area contributed by atoms with Crippen molar-refractivity contribution in [3.05, 3.63) is 26.6 Å². The number of benzene rings is 1. The van der Waals surface area contributed by atoms with E-state index in [1.165, 1.54) is 12.1 Å². The van der Waals surface area contributed by atoms with E-state index in [4.69, 9.17) is 5.73 Å². The molecule has 12 heavy (non-hydrogen) atoms. The van der Waals surface area contributed by atoms with Crippen LogP contribution in [0.5, 0.6) is 5.75 Å². The monoisotopic (exact) mass is 293 g/mol. The van der Waals surface area contributed by atoms with Crippen LogP contribution in [0.2, 0.25) is 0 Å². The van der Waals surface area contributed by atoms with E-state index in [1.54, 1.807) is 0 Å². The van der Waals surface area contributed by atoms with Crippen LogP contribution < -0.4 is 5.73 Å². The summed E-state index contributed by atoms with van der Waals surface area (Å²) >= 11 is 6.15. The Morgan fingerprint density at radius 1 is 1.33 bits per heavy atom. The first-order valence-corrected chi connectivity index (χ1v) is 4.59. The van der Waals surface area contributed by atoms with Gasteiger partial charge in [-0.1, -0.05) is 0 Å². The molecule has 0 aliphatic heterocycles. The molecule has 0 bridgehead atoms. The van der Waals surface area contributed by atoms with Crippen molar-refractivity contribution in [1.82, 2.24) is 0 Å². The summed E-state index contributed by atoms with van der Waals surface area (Å²) < 4.78 is 0.872. The summed E-state index contributed by atoms with van der Waals surface area (Å²) in [7, 11) is 0. The van der Waals surface area contributed by atoms with Crippen molar-refractivity contribution in [2.24, 2.45) is 5.73 Å². The molecular formula is C7H5Br2NO2. The smallest absolute Gasteiger partial charge is 0.248 e. The lowest BCUT2D eigenvalue weighted by Gasteiger charge is -2.01. The summed E-state index contributed by atoms with van der Waals surface area (Å²) in [4.78, 5) is 10.7. The highest BCUT2D eigenvalue weighted by Crippen LogP contribution is 2.32. The average molecular weight is 295 g/mol. The first-order chi connectivity index (χ1) is 5.52. The molecule has 1 amide bonds. The number of hydrogen-bond donors (Lipinski definition) is 2. The molecular weight excluding hydrogens is 290 g/mol. The van der Waals surface area contributed by atoms with Gasteiger partial charge in [0, 0.05) is 5.56 Å². The Balaban J connectivity index is 3.31. The van der Waals surface area contributed by atoms with Crippen LogP contribution in [-0.4, -0.2) is 11.0 Å². The number of carbonyl (C=O) groups is 1. The molecule has 0 atom stereocenters.